The van der Waals surface area contributed by atoms with Crippen LogP contribution in [0.3, 0.4) is 0 Å². The highest BCUT2D eigenvalue weighted by Gasteiger charge is 2.24. The number of aromatic nitrogens is 2. The molecule has 4 nitrogen and oxygen atoms in total. The fraction of sp³-hybridized carbons (Fsp3) is 0. The Kier molecular flexibility index (Phi) is 3.36. The lowest BCUT2D eigenvalue weighted by Crippen LogP contribution is -1.97. The molecular formula is C30H16N2O2. The Balaban J connectivity index is 1.47. The van der Waals surface area contributed by atoms with E-state index in [9.17, 15) is 0 Å². The SMILES string of the molecule is c1ccc(-c2nc3ccccc3nc2-c2cc3c4c(c2)oc2ccc5cccc(c5c24)O3)cc1. The average Bonchev–Trinajstić information content (AvgIpc) is 3.28. The molecule has 1 aliphatic heterocycles. The number of fused-ring (bicyclic) bond motifs is 1. The third-order valence-electron chi connectivity index (χ3n) is 6.62. The van der Waals surface area contributed by atoms with E-state index in [1.807, 2.05) is 60.7 Å². The van der Waals surface area contributed by atoms with Gasteiger partial charge in [0.2, 0.25) is 0 Å². The molecule has 0 aliphatic carbocycles. The van der Waals surface area contributed by atoms with Crippen molar-refractivity contribution < 1.29 is 9.15 Å². The van der Waals surface area contributed by atoms with Gasteiger partial charge < -0.3 is 9.15 Å². The lowest BCUT2D eigenvalue weighted by atomic mass is 9.97. The molecule has 5 aromatic carbocycles. The van der Waals surface area contributed by atoms with Crippen molar-refractivity contribution in [1.82, 2.24) is 9.97 Å². The summed E-state index contributed by atoms with van der Waals surface area (Å²) in [5.41, 5.74) is 6.93. The number of hydrogen-bond donors (Lipinski definition) is 0. The highest BCUT2D eigenvalue weighted by molar-refractivity contribution is 6.24. The first kappa shape index (κ1) is 17.8. The lowest BCUT2D eigenvalue weighted by molar-refractivity contribution is 0.493. The summed E-state index contributed by atoms with van der Waals surface area (Å²) in [5, 5.41) is 4.38. The van der Waals surface area contributed by atoms with Crippen molar-refractivity contribution in [2.75, 3.05) is 0 Å². The Bertz CT molecular complexity index is 1940. The Hall–Kier alpha value is -4.70. The normalized spacial score (nSPS) is 12.4. The van der Waals surface area contributed by atoms with Gasteiger partial charge in [-0.1, -0.05) is 60.7 Å². The Morgan fingerprint density at radius 3 is 2.09 bits per heavy atom. The zero-order valence-electron chi connectivity index (χ0n) is 17.9. The number of hydrogen-bond acceptors (Lipinski definition) is 4. The molecule has 158 valence electrons. The topological polar surface area (TPSA) is 48.2 Å². The van der Waals surface area contributed by atoms with Crippen LogP contribution in [-0.4, -0.2) is 9.97 Å². The molecule has 1 aliphatic rings. The Morgan fingerprint density at radius 2 is 1.26 bits per heavy atom. The van der Waals surface area contributed by atoms with Crippen molar-refractivity contribution in [3.8, 4) is 34.0 Å². The Labute approximate surface area is 194 Å². The molecule has 0 atom stereocenters. The summed E-state index contributed by atoms with van der Waals surface area (Å²) >= 11 is 0. The van der Waals surface area contributed by atoms with Crippen LogP contribution in [0, 0.1) is 0 Å². The molecule has 4 heteroatoms. The average molecular weight is 436 g/mol. The number of rotatable bonds is 2. The molecule has 7 aromatic rings. The van der Waals surface area contributed by atoms with Crippen LogP contribution in [0.5, 0.6) is 11.5 Å². The summed E-state index contributed by atoms with van der Waals surface area (Å²) in [6.07, 6.45) is 0. The van der Waals surface area contributed by atoms with E-state index in [1.165, 1.54) is 0 Å². The maximum absolute atomic E-state index is 6.43. The maximum atomic E-state index is 6.43. The molecule has 0 spiro atoms. The van der Waals surface area contributed by atoms with E-state index in [-0.39, 0.29) is 0 Å². The molecule has 2 aromatic heterocycles. The standard InChI is InChI=1S/C30H16N2O2/c1-2-7-18(8-3-1)29-30(32-21-11-5-4-10-20(21)31-29)19-15-24-27-25(16-19)34-23-14-13-17-9-6-12-22(33-24)26(17)28(23)27/h1-16H. The fourth-order valence-electron chi connectivity index (χ4n) is 5.11. The molecule has 0 saturated carbocycles. The minimum atomic E-state index is 0.784. The smallest absolute Gasteiger partial charge is 0.139 e. The largest absolute Gasteiger partial charge is 0.456 e. The van der Waals surface area contributed by atoms with E-state index < -0.39 is 0 Å². The third kappa shape index (κ3) is 2.37. The van der Waals surface area contributed by atoms with Gasteiger partial charge in [0.15, 0.2) is 0 Å². The maximum Gasteiger partial charge on any atom is 0.139 e. The zero-order valence-corrected chi connectivity index (χ0v) is 17.9. The van der Waals surface area contributed by atoms with E-state index in [0.29, 0.717) is 0 Å². The van der Waals surface area contributed by atoms with Crippen molar-refractivity contribution in [3.05, 3.63) is 97.1 Å². The summed E-state index contributed by atoms with van der Waals surface area (Å²) in [6.45, 7) is 0. The first-order valence-electron chi connectivity index (χ1n) is 11.3. The number of ether oxygens (including phenoxy) is 1. The monoisotopic (exact) mass is 436 g/mol. The van der Waals surface area contributed by atoms with Gasteiger partial charge in [-0.05, 0) is 41.8 Å². The summed E-state index contributed by atoms with van der Waals surface area (Å²) in [7, 11) is 0. The molecule has 0 fully saturated rings. The summed E-state index contributed by atoms with van der Waals surface area (Å²) in [4.78, 5) is 10.1. The highest BCUT2D eigenvalue weighted by atomic mass is 16.5. The second kappa shape index (κ2) is 6.42. The van der Waals surface area contributed by atoms with Gasteiger partial charge in [-0.15, -0.1) is 0 Å². The van der Waals surface area contributed by atoms with E-state index in [1.54, 1.807) is 0 Å². The molecule has 0 unspecified atom stereocenters. The molecule has 8 rings (SSSR count). The summed E-state index contributed by atoms with van der Waals surface area (Å²) < 4.78 is 12.8. The van der Waals surface area contributed by atoms with Gasteiger partial charge in [-0.25, -0.2) is 9.97 Å². The summed E-state index contributed by atoms with van der Waals surface area (Å²) in [5.74, 6) is 1.63. The molecule has 0 amide bonds. The van der Waals surface area contributed by atoms with Crippen LogP contribution in [0.15, 0.2) is 101 Å². The highest BCUT2D eigenvalue weighted by Crippen LogP contribution is 2.49. The number of nitrogens with zero attached hydrogens (tertiary/aromatic N) is 2. The van der Waals surface area contributed by atoms with Crippen molar-refractivity contribution >= 4 is 43.7 Å². The lowest BCUT2D eigenvalue weighted by Gasteiger charge is -2.17. The molecule has 0 N–H and O–H groups in total. The zero-order chi connectivity index (χ0) is 22.2. The molecule has 0 saturated heterocycles. The number of furan rings is 1. The third-order valence-corrected chi connectivity index (χ3v) is 6.62. The van der Waals surface area contributed by atoms with Crippen LogP contribution in [0.1, 0.15) is 0 Å². The quantitative estimate of drug-likeness (QED) is 0.274. The minimum Gasteiger partial charge on any atom is -0.456 e. The Morgan fingerprint density at radius 1 is 0.500 bits per heavy atom. The molecule has 34 heavy (non-hydrogen) atoms. The fourth-order valence-corrected chi connectivity index (χ4v) is 5.11. The van der Waals surface area contributed by atoms with Gasteiger partial charge in [-0.2, -0.15) is 0 Å². The van der Waals surface area contributed by atoms with E-state index in [2.05, 4.69) is 36.4 Å². The van der Waals surface area contributed by atoms with Gasteiger partial charge in [0.1, 0.15) is 22.7 Å². The second-order valence-corrected chi connectivity index (χ2v) is 8.62. The molecule has 3 heterocycles. The second-order valence-electron chi connectivity index (χ2n) is 8.62. The van der Waals surface area contributed by atoms with Crippen molar-refractivity contribution in [2.45, 2.75) is 0 Å². The summed E-state index contributed by atoms with van der Waals surface area (Å²) in [6, 6.07) is 32.6. The first-order valence-corrected chi connectivity index (χ1v) is 11.3. The van der Waals surface area contributed by atoms with Crippen LogP contribution in [-0.2, 0) is 0 Å². The predicted molar refractivity (Wildman–Crippen MR) is 135 cm³/mol. The van der Waals surface area contributed by atoms with Gasteiger partial charge in [0, 0.05) is 21.9 Å². The number of para-hydroxylation sites is 2. The van der Waals surface area contributed by atoms with Gasteiger partial charge >= 0.3 is 0 Å². The van der Waals surface area contributed by atoms with Crippen LogP contribution in [0.25, 0.3) is 66.3 Å². The van der Waals surface area contributed by atoms with E-state index >= 15 is 0 Å². The van der Waals surface area contributed by atoms with Crippen molar-refractivity contribution in [2.24, 2.45) is 0 Å². The molecular weight excluding hydrogens is 420 g/mol. The van der Waals surface area contributed by atoms with Crippen molar-refractivity contribution in [3.63, 3.8) is 0 Å². The molecule has 0 bridgehead atoms. The molecule has 0 radical (unpaired) electrons. The minimum absolute atomic E-state index is 0.784. The van der Waals surface area contributed by atoms with Crippen LogP contribution < -0.4 is 4.74 Å². The van der Waals surface area contributed by atoms with Gasteiger partial charge in [0.25, 0.3) is 0 Å². The van der Waals surface area contributed by atoms with Crippen LogP contribution >= 0.6 is 0 Å². The van der Waals surface area contributed by atoms with E-state index in [4.69, 9.17) is 19.1 Å². The first-order chi connectivity index (χ1) is 16.8. The number of benzene rings is 5. The van der Waals surface area contributed by atoms with Gasteiger partial charge in [0.05, 0.1) is 27.8 Å². The predicted octanol–water partition coefficient (Wildman–Crippen LogP) is 8.12. The van der Waals surface area contributed by atoms with E-state index in [0.717, 1.165) is 77.8 Å². The van der Waals surface area contributed by atoms with Crippen LogP contribution in [0.2, 0.25) is 0 Å². The van der Waals surface area contributed by atoms with Gasteiger partial charge in [-0.3, -0.25) is 0 Å². The van der Waals surface area contributed by atoms with Crippen LogP contribution in [0.4, 0.5) is 0 Å². The van der Waals surface area contributed by atoms with Crippen molar-refractivity contribution in [1.29, 1.82) is 0 Å².